The smallest absolute Gasteiger partial charge is 0.351 e. The van der Waals surface area contributed by atoms with E-state index in [4.69, 9.17) is 9.94 Å². The van der Waals surface area contributed by atoms with Crippen molar-refractivity contribution in [2.24, 2.45) is 5.16 Å². The Morgan fingerprint density at radius 1 is 1.41 bits per heavy atom. The zero-order valence-electron chi connectivity index (χ0n) is 8.91. The molecular weight excluding hydrogens is 232 g/mol. The molecule has 0 aromatic heterocycles. The van der Waals surface area contributed by atoms with Crippen molar-refractivity contribution < 1.29 is 23.5 Å². The summed E-state index contributed by atoms with van der Waals surface area (Å²) in [7, 11) is 0. The Morgan fingerprint density at radius 3 is 2.47 bits per heavy atom. The molecule has 1 N–H and O–H groups in total. The van der Waals surface area contributed by atoms with E-state index in [1.165, 1.54) is 6.92 Å². The molecule has 1 aliphatic rings. The summed E-state index contributed by atoms with van der Waals surface area (Å²) in [5.41, 5.74) is -1.07. The number of rotatable bonds is 2. The number of carbonyl (C=O) groups is 1. The molecule has 1 aromatic rings. The summed E-state index contributed by atoms with van der Waals surface area (Å²) in [5.74, 6) is -2.66. The van der Waals surface area contributed by atoms with Crippen molar-refractivity contribution in [1.82, 2.24) is 0 Å². The molecule has 0 bridgehead atoms. The number of carboxylic acid groups (broad SMARTS) is 1. The van der Waals surface area contributed by atoms with Crippen LogP contribution in [0.5, 0.6) is 0 Å². The maximum Gasteiger partial charge on any atom is 0.351 e. The van der Waals surface area contributed by atoms with Gasteiger partial charge in [-0.1, -0.05) is 5.16 Å². The molecular formula is C11H9F2NO3. The average molecular weight is 241 g/mol. The van der Waals surface area contributed by atoms with Crippen molar-refractivity contribution >= 4 is 11.7 Å². The molecule has 0 saturated heterocycles. The average Bonchev–Trinajstić information content (AvgIpc) is 2.61. The van der Waals surface area contributed by atoms with Crippen LogP contribution in [0.2, 0.25) is 0 Å². The monoisotopic (exact) mass is 241 g/mol. The normalized spacial score (nSPS) is 23.1. The molecule has 90 valence electrons. The van der Waals surface area contributed by atoms with Crippen molar-refractivity contribution in [3.05, 3.63) is 35.4 Å². The molecule has 1 aliphatic heterocycles. The molecule has 0 amide bonds. The highest BCUT2D eigenvalue weighted by atomic mass is 19.1. The first kappa shape index (κ1) is 11.5. The number of aliphatic carboxylic acids is 1. The Balaban J connectivity index is 2.29. The maximum atomic E-state index is 13.0. The third-order valence-corrected chi connectivity index (χ3v) is 2.51. The molecule has 17 heavy (non-hydrogen) atoms. The quantitative estimate of drug-likeness (QED) is 0.860. The molecule has 0 radical (unpaired) electrons. The third kappa shape index (κ3) is 2.11. The highest BCUT2D eigenvalue weighted by Crippen LogP contribution is 2.27. The Bertz CT molecular complexity index is 495. The lowest BCUT2D eigenvalue weighted by molar-refractivity contribution is -0.160. The molecule has 0 spiro atoms. The third-order valence-electron chi connectivity index (χ3n) is 2.51. The fraction of sp³-hybridized carbons (Fsp3) is 0.273. The molecule has 1 heterocycles. The number of hydrogen-bond donors (Lipinski definition) is 1. The zero-order valence-corrected chi connectivity index (χ0v) is 8.91. The van der Waals surface area contributed by atoms with Gasteiger partial charge in [-0.25, -0.2) is 13.6 Å². The van der Waals surface area contributed by atoms with Crippen LogP contribution in [-0.4, -0.2) is 22.4 Å². The molecule has 1 aromatic carbocycles. The number of carboxylic acids is 1. The number of nitrogens with zero attached hydrogens (tertiary/aromatic N) is 1. The fourth-order valence-electron chi connectivity index (χ4n) is 1.53. The molecule has 1 atom stereocenters. The van der Waals surface area contributed by atoms with Gasteiger partial charge >= 0.3 is 5.97 Å². The lowest BCUT2D eigenvalue weighted by Gasteiger charge is -2.14. The summed E-state index contributed by atoms with van der Waals surface area (Å²) >= 11 is 0. The lowest BCUT2D eigenvalue weighted by Crippen LogP contribution is -2.35. The Hall–Kier alpha value is -1.98. The van der Waals surface area contributed by atoms with Crippen molar-refractivity contribution in [3.63, 3.8) is 0 Å². The van der Waals surface area contributed by atoms with Gasteiger partial charge in [0.1, 0.15) is 11.6 Å². The minimum atomic E-state index is -1.47. The SMILES string of the molecule is C[C@@]1(C(=O)O)CC(c2cc(F)cc(F)c2)=NO1. The van der Waals surface area contributed by atoms with Crippen LogP contribution in [0, 0.1) is 11.6 Å². The van der Waals surface area contributed by atoms with Gasteiger partial charge in [-0.2, -0.15) is 0 Å². The van der Waals surface area contributed by atoms with Crippen molar-refractivity contribution in [1.29, 1.82) is 0 Å². The van der Waals surface area contributed by atoms with Crippen LogP contribution in [0.1, 0.15) is 18.9 Å². The summed E-state index contributed by atoms with van der Waals surface area (Å²) < 4.78 is 26.0. The van der Waals surface area contributed by atoms with Gasteiger partial charge in [0.05, 0.1) is 5.71 Å². The summed E-state index contributed by atoms with van der Waals surface area (Å²) in [6.07, 6.45) is -0.0365. The molecule has 4 nitrogen and oxygen atoms in total. The lowest BCUT2D eigenvalue weighted by atomic mass is 9.96. The summed E-state index contributed by atoms with van der Waals surface area (Å²) in [5, 5.41) is 12.5. The summed E-state index contributed by atoms with van der Waals surface area (Å²) in [6.45, 7) is 1.35. The van der Waals surface area contributed by atoms with E-state index in [2.05, 4.69) is 5.16 Å². The van der Waals surface area contributed by atoms with Crippen molar-refractivity contribution in [3.8, 4) is 0 Å². The fourth-order valence-corrected chi connectivity index (χ4v) is 1.53. The minimum Gasteiger partial charge on any atom is -0.478 e. The van der Waals surface area contributed by atoms with Crippen LogP contribution in [0.3, 0.4) is 0 Å². The number of hydrogen-bond acceptors (Lipinski definition) is 3. The first-order chi connectivity index (χ1) is 7.90. The van der Waals surface area contributed by atoms with Gasteiger partial charge in [0, 0.05) is 18.1 Å². The highest BCUT2D eigenvalue weighted by molar-refractivity contribution is 6.04. The second kappa shape index (κ2) is 3.80. The molecule has 2 rings (SSSR count). The predicted molar refractivity (Wildman–Crippen MR) is 54.6 cm³/mol. The first-order valence-electron chi connectivity index (χ1n) is 4.86. The van der Waals surface area contributed by atoms with Gasteiger partial charge in [0.15, 0.2) is 0 Å². The van der Waals surface area contributed by atoms with Crippen LogP contribution in [-0.2, 0) is 9.63 Å². The van der Waals surface area contributed by atoms with Crippen molar-refractivity contribution in [2.75, 3.05) is 0 Å². The van der Waals surface area contributed by atoms with Gasteiger partial charge in [-0.3, -0.25) is 0 Å². The standard InChI is InChI=1S/C11H9F2NO3/c1-11(10(15)16)5-9(14-17-11)6-2-7(12)4-8(13)3-6/h2-4H,5H2,1H3,(H,15,16)/t11-/m0/s1. The van der Waals surface area contributed by atoms with Gasteiger partial charge in [-0.05, 0) is 19.1 Å². The van der Waals surface area contributed by atoms with E-state index in [1.807, 2.05) is 0 Å². The largest absolute Gasteiger partial charge is 0.478 e. The molecule has 0 saturated carbocycles. The summed E-state index contributed by atoms with van der Waals surface area (Å²) in [4.78, 5) is 15.7. The number of oxime groups is 1. The van der Waals surface area contributed by atoms with E-state index in [-0.39, 0.29) is 17.7 Å². The Kier molecular flexibility index (Phi) is 2.57. The predicted octanol–water partition coefficient (Wildman–Crippen LogP) is 1.93. The molecule has 0 fully saturated rings. The molecule has 0 aliphatic carbocycles. The topological polar surface area (TPSA) is 58.9 Å². The van der Waals surface area contributed by atoms with E-state index >= 15 is 0 Å². The maximum absolute atomic E-state index is 13.0. The number of benzene rings is 1. The van der Waals surface area contributed by atoms with Gasteiger partial charge < -0.3 is 9.94 Å². The van der Waals surface area contributed by atoms with Gasteiger partial charge in [0.25, 0.3) is 0 Å². The van der Waals surface area contributed by atoms with Crippen molar-refractivity contribution in [2.45, 2.75) is 18.9 Å². The molecule has 6 heteroatoms. The second-order valence-electron chi connectivity index (χ2n) is 4.00. The Morgan fingerprint density at radius 2 is 2.00 bits per heavy atom. The van der Waals surface area contributed by atoms with Crippen LogP contribution < -0.4 is 0 Å². The van der Waals surface area contributed by atoms with Crippen LogP contribution in [0.25, 0.3) is 0 Å². The molecule has 0 unspecified atom stereocenters. The van der Waals surface area contributed by atoms with E-state index < -0.39 is 23.2 Å². The minimum absolute atomic E-state index is 0.0365. The number of halogens is 2. The highest BCUT2D eigenvalue weighted by Gasteiger charge is 2.42. The zero-order chi connectivity index (χ0) is 12.6. The van der Waals surface area contributed by atoms with E-state index in [1.54, 1.807) is 0 Å². The summed E-state index contributed by atoms with van der Waals surface area (Å²) in [6, 6.07) is 2.90. The van der Waals surface area contributed by atoms with Crippen LogP contribution in [0.15, 0.2) is 23.4 Å². The van der Waals surface area contributed by atoms with Crippen LogP contribution in [0.4, 0.5) is 8.78 Å². The second-order valence-corrected chi connectivity index (χ2v) is 4.00. The Labute approximate surface area is 95.5 Å². The van der Waals surface area contributed by atoms with E-state index in [0.29, 0.717) is 0 Å². The van der Waals surface area contributed by atoms with E-state index in [9.17, 15) is 13.6 Å². The van der Waals surface area contributed by atoms with Crippen LogP contribution >= 0.6 is 0 Å². The first-order valence-corrected chi connectivity index (χ1v) is 4.86. The van der Waals surface area contributed by atoms with Gasteiger partial charge in [-0.15, -0.1) is 0 Å². The van der Waals surface area contributed by atoms with E-state index in [0.717, 1.165) is 18.2 Å². The van der Waals surface area contributed by atoms with Gasteiger partial charge in [0.2, 0.25) is 5.60 Å².